The largest absolute Gasteiger partial charge is 0.444 e. The van der Waals surface area contributed by atoms with Crippen molar-refractivity contribution in [1.29, 1.82) is 0 Å². The first kappa shape index (κ1) is 13.6. The number of primary amides is 1. The number of rotatable bonds is 0. The lowest BCUT2D eigenvalue weighted by molar-refractivity contribution is 0.0110. The molecule has 17 heavy (non-hydrogen) atoms. The van der Waals surface area contributed by atoms with Crippen LogP contribution in [0.1, 0.15) is 27.7 Å². The molecule has 98 valence electrons. The highest BCUT2D eigenvalue weighted by atomic mass is 16.6. The van der Waals surface area contributed by atoms with Gasteiger partial charge in [-0.1, -0.05) is 0 Å². The van der Waals surface area contributed by atoms with Gasteiger partial charge in [0, 0.05) is 25.7 Å². The van der Waals surface area contributed by atoms with Crippen LogP contribution < -0.4 is 5.73 Å². The standard InChI is InChI=1S/C11H21N3O3/c1-8-7-13(5-6-14(8)9(12)15)10(16)17-11(2,3)4/h8H,5-7H2,1-4H3,(H2,12,15)/t8-/m1/s1. The summed E-state index contributed by atoms with van der Waals surface area (Å²) < 4.78 is 5.27. The molecule has 1 atom stereocenters. The SMILES string of the molecule is C[C@@H]1CN(C(=O)OC(C)(C)C)CCN1C(N)=O. The Balaban J connectivity index is 2.55. The first-order chi connectivity index (χ1) is 7.70. The first-order valence-corrected chi connectivity index (χ1v) is 5.74. The third-order valence-electron chi connectivity index (χ3n) is 2.56. The third kappa shape index (κ3) is 3.80. The number of amides is 3. The van der Waals surface area contributed by atoms with Crippen LogP contribution >= 0.6 is 0 Å². The number of piperazine rings is 1. The molecular formula is C11H21N3O3. The van der Waals surface area contributed by atoms with Crippen LogP contribution in [0.4, 0.5) is 9.59 Å². The molecule has 1 aliphatic heterocycles. The Bertz CT molecular complexity index is 312. The summed E-state index contributed by atoms with van der Waals surface area (Å²) in [5.74, 6) is 0. The number of nitrogens with two attached hydrogens (primary N) is 1. The van der Waals surface area contributed by atoms with Gasteiger partial charge < -0.3 is 20.3 Å². The Kier molecular flexibility index (Phi) is 3.85. The summed E-state index contributed by atoms with van der Waals surface area (Å²) in [4.78, 5) is 26.1. The molecule has 0 spiro atoms. The number of carbonyl (C=O) groups excluding carboxylic acids is 2. The maximum absolute atomic E-state index is 11.8. The number of hydrogen-bond donors (Lipinski definition) is 1. The molecule has 0 bridgehead atoms. The van der Waals surface area contributed by atoms with Gasteiger partial charge in [-0.15, -0.1) is 0 Å². The molecular weight excluding hydrogens is 222 g/mol. The molecule has 0 aromatic rings. The van der Waals surface area contributed by atoms with Crippen molar-refractivity contribution in [2.24, 2.45) is 5.73 Å². The van der Waals surface area contributed by atoms with Crippen molar-refractivity contribution >= 4 is 12.1 Å². The van der Waals surface area contributed by atoms with Gasteiger partial charge in [-0.3, -0.25) is 0 Å². The molecule has 0 aliphatic carbocycles. The quantitative estimate of drug-likeness (QED) is 0.689. The molecule has 0 radical (unpaired) electrons. The maximum atomic E-state index is 11.8. The van der Waals surface area contributed by atoms with Crippen molar-refractivity contribution in [2.45, 2.75) is 39.3 Å². The van der Waals surface area contributed by atoms with Crippen LogP contribution in [0.15, 0.2) is 0 Å². The lowest BCUT2D eigenvalue weighted by atomic mass is 10.2. The van der Waals surface area contributed by atoms with Crippen molar-refractivity contribution in [3.8, 4) is 0 Å². The summed E-state index contributed by atoms with van der Waals surface area (Å²) in [6, 6.07) is -0.518. The Labute approximate surface area is 102 Å². The van der Waals surface area contributed by atoms with Crippen molar-refractivity contribution in [3.63, 3.8) is 0 Å². The second-order valence-electron chi connectivity index (χ2n) is 5.31. The van der Waals surface area contributed by atoms with Crippen LogP contribution in [0.3, 0.4) is 0 Å². The zero-order chi connectivity index (χ0) is 13.2. The monoisotopic (exact) mass is 243 g/mol. The van der Waals surface area contributed by atoms with Gasteiger partial charge in [0.15, 0.2) is 0 Å². The molecule has 1 aliphatic rings. The summed E-state index contributed by atoms with van der Waals surface area (Å²) in [5, 5.41) is 0. The Morgan fingerprint density at radius 1 is 1.29 bits per heavy atom. The topological polar surface area (TPSA) is 75.9 Å². The molecule has 6 nitrogen and oxygen atoms in total. The average Bonchev–Trinajstić information content (AvgIpc) is 2.14. The van der Waals surface area contributed by atoms with Gasteiger partial charge in [0.25, 0.3) is 0 Å². The second-order valence-corrected chi connectivity index (χ2v) is 5.31. The summed E-state index contributed by atoms with van der Waals surface area (Å²) >= 11 is 0. The maximum Gasteiger partial charge on any atom is 0.410 e. The van der Waals surface area contributed by atoms with Crippen LogP contribution in [-0.2, 0) is 4.74 Å². The van der Waals surface area contributed by atoms with Crippen LogP contribution in [-0.4, -0.2) is 53.2 Å². The Morgan fingerprint density at radius 2 is 1.88 bits per heavy atom. The normalized spacial score (nSPS) is 21.3. The molecule has 3 amide bonds. The molecule has 1 rings (SSSR count). The summed E-state index contributed by atoms with van der Waals surface area (Å²) in [6.45, 7) is 8.72. The zero-order valence-corrected chi connectivity index (χ0v) is 10.9. The fourth-order valence-corrected chi connectivity index (χ4v) is 1.78. The lowest BCUT2D eigenvalue weighted by Gasteiger charge is -2.39. The van der Waals surface area contributed by atoms with E-state index in [1.54, 1.807) is 9.80 Å². The van der Waals surface area contributed by atoms with E-state index in [1.165, 1.54) is 0 Å². The fourth-order valence-electron chi connectivity index (χ4n) is 1.78. The summed E-state index contributed by atoms with van der Waals surface area (Å²) in [7, 11) is 0. The second kappa shape index (κ2) is 4.81. The van der Waals surface area contributed by atoms with Crippen molar-refractivity contribution in [1.82, 2.24) is 9.80 Å². The van der Waals surface area contributed by atoms with Crippen molar-refractivity contribution in [2.75, 3.05) is 19.6 Å². The first-order valence-electron chi connectivity index (χ1n) is 5.74. The van der Waals surface area contributed by atoms with E-state index >= 15 is 0 Å². The van der Waals surface area contributed by atoms with E-state index < -0.39 is 11.6 Å². The predicted molar refractivity (Wildman–Crippen MR) is 63.6 cm³/mol. The minimum Gasteiger partial charge on any atom is -0.444 e. The number of hydrogen-bond acceptors (Lipinski definition) is 3. The predicted octanol–water partition coefficient (Wildman–Crippen LogP) is 1.01. The van der Waals surface area contributed by atoms with Crippen molar-refractivity contribution in [3.05, 3.63) is 0 Å². The molecule has 6 heteroatoms. The van der Waals surface area contributed by atoms with Gasteiger partial charge >= 0.3 is 12.1 Å². The van der Waals surface area contributed by atoms with E-state index in [2.05, 4.69) is 0 Å². The van der Waals surface area contributed by atoms with Gasteiger partial charge in [-0.25, -0.2) is 9.59 Å². The Morgan fingerprint density at radius 3 is 2.29 bits per heavy atom. The van der Waals surface area contributed by atoms with Crippen LogP contribution in [0.25, 0.3) is 0 Å². The summed E-state index contributed by atoms with van der Waals surface area (Å²) in [6.07, 6.45) is -0.339. The van der Waals surface area contributed by atoms with Crippen LogP contribution in [0.5, 0.6) is 0 Å². The van der Waals surface area contributed by atoms with Gasteiger partial charge in [0.2, 0.25) is 0 Å². The van der Waals surface area contributed by atoms with Crippen molar-refractivity contribution < 1.29 is 14.3 Å². The molecule has 0 unspecified atom stereocenters. The fraction of sp³-hybridized carbons (Fsp3) is 0.818. The summed E-state index contributed by atoms with van der Waals surface area (Å²) in [5.41, 5.74) is 4.73. The van der Waals surface area contributed by atoms with Crippen LogP contribution in [0.2, 0.25) is 0 Å². The van der Waals surface area contributed by atoms with Gasteiger partial charge in [-0.2, -0.15) is 0 Å². The van der Waals surface area contributed by atoms with E-state index in [0.717, 1.165) is 0 Å². The van der Waals surface area contributed by atoms with Gasteiger partial charge in [-0.05, 0) is 27.7 Å². The minimum absolute atomic E-state index is 0.0752. The smallest absolute Gasteiger partial charge is 0.410 e. The third-order valence-corrected chi connectivity index (χ3v) is 2.56. The molecule has 1 fully saturated rings. The molecule has 0 saturated carbocycles. The molecule has 1 heterocycles. The zero-order valence-electron chi connectivity index (χ0n) is 10.9. The van der Waals surface area contributed by atoms with Crippen LogP contribution in [0, 0.1) is 0 Å². The number of carbonyl (C=O) groups is 2. The average molecular weight is 243 g/mol. The van der Waals surface area contributed by atoms with E-state index in [-0.39, 0.29) is 12.1 Å². The molecule has 2 N–H and O–H groups in total. The number of urea groups is 1. The van der Waals surface area contributed by atoms with E-state index in [4.69, 9.17) is 10.5 Å². The number of nitrogens with zero attached hydrogens (tertiary/aromatic N) is 2. The van der Waals surface area contributed by atoms with E-state index in [9.17, 15) is 9.59 Å². The van der Waals surface area contributed by atoms with E-state index in [0.29, 0.717) is 19.6 Å². The lowest BCUT2D eigenvalue weighted by Crippen LogP contribution is -2.57. The van der Waals surface area contributed by atoms with Gasteiger partial charge in [0.1, 0.15) is 5.60 Å². The van der Waals surface area contributed by atoms with Gasteiger partial charge in [0.05, 0.1) is 0 Å². The molecule has 0 aromatic heterocycles. The molecule has 0 aromatic carbocycles. The Hall–Kier alpha value is -1.46. The highest BCUT2D eigenvalue weighted by Gasteiger charge is 2.30. The highest BCUT2D eigenvalue weighted by molar-refractivity contribution is 5.73. The van der Waals surface area contributed by atoms with E-state index in [1.807, 2.05) is 27.7 Å². The minimum atomic E-state index is -0.499. The highest BCUT2D eigenvalue weighted by Crippen LogP contribution is 2.14. The number of ether oxygens (including phenoxy) is 1. The molecule has 1 saturated heterocycles.